The summed E-state index contributed by atoms with van der Waals surface area (Å²) in [4.78, 5) is 4.21. The molecule has 6 nitrogen and oxygen atoms in total. The fourth-order valence-electron chi connectivity index (χ4n) is 1.84. The van der Waals surface area contributed by atoms with Gasteiger partial charge in [0, 0.05) is 58.9 Å². The first-order valence-corrected chi connectivity index (χ1v) is 7.10. The molecule has 8 heteroatoms. The van der Waals surface area contributed by atoms with Gasteiger partial charge < -0.3 is 12.6 Å². The van der Waals surface area contributed by atoms with Crippen LogP contribution in [0.4, 0.5) is 0 Å². The van der Waals surface area contributed by atoms with E-state index in [1.165, 1.54) is 10.5 Å². The fraction of sp³-hybridized carbons (Fsp3) is 0.417. The molecule has 1 aliphatic rings. The topological polar surface area (TPSA) is 82.9 Å². The first kappa shape index (κ1) is 19.2. The first-order valence-electron chi connectivity index (χ1n) is 5.66. The molecule has 0 aromatic carbocycles. The van der Waals surface area contributed by atoms with Gasteiger partial charge in [-0.3, -0.25) is 4.98 Å². The predicted octanol–water partition coefficient (Wildman–Crippen LogP) is 1.45. The summed E-state index contributed by atoms with van der Waals surface area (Å²) in [5.74, 6) is 0. The average Bonchev–Trinajstić information content (AvgIpc) is 2.39. The van der Waals surface area contributed by atoms with Crippen molar-refractivity contribution < 1.29 is 34.7 Å². The van der Waals surface area contributed by atoms with Gasteiger partial charge in [0.2, 0.25) is 10.0 Å². The fourth-order valence-corrected chi connectivity index (χ4v) is 3.23. The van der Waals surface area contributed by atoms with E-state index < -0.39 is 10.0 Å². The predicted molar refractivity (Wildman–Crippen MR) is 72.6 cm³/mol. The Bertz CT molecular complexity index is 548. The van der Waals surface area contributed by atoms with Gasteiger partial charge in [-0.15, -0.1) is 0 Å². The van der Waals surface area contributed by atoms with Crippen LogP contribution in [0.3, 0.4) is 0 Å². The molecule has 1 N–H and O–H groups in total. The maximum absolute atomic E-state index is 12.3. The molecule has 1 saturated heterocycles. The number of oxime groups is 1. The van der Waals surface area contributed by atoms with Crippen LogP contribution in [0.2, 0.25) is 0 Å². The molecule has 1 aliphatic heterocycles. The third-order valence-electron chi connectivity index (χ3n) is 2.96. The van der Waals surface area contributed by atoms with Gasteiger partial charge in [0.25, 0.3) is 0 Å². The first-order chi connectivity index (χ1) is 8.54. The summed E-state index contributed by atoms with van der Waals surface area (Å²) in [6.07, 6.45) is 2.31. The molecule has 0 aliphatic carbocycles. The van der Waals surface area contributed by atoms with Crippen molar-refractivity contribution in [3.05, 3.63) is 31.5 Å². The van der Waals surface area contributed by atoms with E-state index in [4.69, 9.17) is 5.21 Å². The summed E-state index contributed by atoms with van der Waals surface area (Å²) >= 11 is 0. The quantitative estimate of drug-likeness (QED) is 0.405. The molecule has 0 atom stereocenters. The number of piperidine rings is 1. The van der Waals surface area contributed by atoms with Crippen molar-refractivity contribution in [2.45, 2.75) is 24.7 Å². The van der Waals surface area contributed by atoms with E-state index in [2.05, 4.69) is 10.1 Å². The zero-order chi connectivity index (χ0) is 13.2. The Kier molecular flexibility index (Phi) is 7.55. The van der Waals surface area contributed by atoms with E-state index in [0.29, 0.717) is 31.6 Å². The van der Waals surface area contributed by atoms with Gasteiger partial charge in [0.15, 0.2) is 0 Å². The third kappa shape index (κ3) is 4.10. The van der Waals surface area contributed by atoms with Crippen LogP contribution in [-0.2, 0) is 31.1 Å². The zero-order valence-electron chi connectivity index (χ0n) is 11.5. The van der Waals surface area contributed by atoms with Gasteiger partial charge in [-0.2, -0.15) is 4.31 Å². The molecule has 2 rings (SSSR count). The molecular formula is C12H18N3O3SW-. The van der Waals surface area contributed by atoms with Crippen molar-refractivity contribution in [2.24, 2.45) is 5.16 Å². The van der Waals surface area contributed by atoms with Gasteiger partial charge in [-0.25, -0.2) is 8.42 Å². The van der Waals surface area contributed by atoms with Crippen LogP contribution in [0.5, 0.6) is 0 Å². The Labute approximate surface area is 134 Å². The molecule has 0 bridgehead atoms. The normalized spacial score (nSPS) is 15.9. The van der Waals surface area contributed by atoms with E-state index in [1.807, 2.05) is 0 Å². The van der Waals surface area contributed by atoms with Crippen LogP contribution in [-0.4, -0.2) is 41.7 Å². The minimum Gasteiger partial charge on any atom is -0.411 e. The van der Waals surface area contributed by atoms with Crippen LogP contribution in [0.15, 0.2) is 28.4 Å². The molecule has 0 amide bonds. The second kappa shape index (κ2) is 7.86. The van der Waals surface area contributed by atoms with Gasteiger partial charge >= 0.3 is 0 Å². The number of hydrogen-bond donors (Lipinski definition) is 1. The smallest absolute Gasteiger partial charge is 0.244 e. The maximum atomic E-state index is 12.3. The minimum atomic E-state index is -3.48. The molecule has 1 aromatic heterocycles. The molecule has 0 radical (unpaired) electrons. The largest absolute Gasteiger partial charge is 0.411 e. The van der Waals surface area contributed by atoms with Crippen molar-refractivity contribution in [1.29, 1.82) is 0 Å². The summed E-state index contributed by atoms with van der Waals surface area (Å²) < 4.78 is 26.0. The van der Waals surface area contributed by atoms with Crippen LogP contribution >= 0.6 is 0 Å². The SMILES string of the molecule is Cc1ccc(S(=O)(=O)N2CCC(=NO)CC2)cn1.[CH3-].[W]. The molecule has 2 heterocycles. The van der Waals surface area contributed by atoms with Gasteiger partial charge in [0.1, 0.15) is 4.90 Å². The summed E-state index contributed by atoms with van der Waals surface area (Å²) in [5, 5.41) is 11.8. The molecule has 1 fully saturated rings. The number of pyridine rings is 1. The van der Waals surface area contributed by atoms with Crippen molar-refractivity contribution >= 4 is 15.7 Å². The third-order valence-corrected chi connectivity index (χ3v) is 4.85. The number of aryl methyl sites for hydroxylation is 1. The monoisotopic (exact) mass is 468 g/mol. The number of hydrogen-bond acceptors (Lipinski definition) is 5. The molecule has 1 aromatic rings. The number of aromatic nitrogens is 1. The van der Waals surface area contributed by atoms with Crippen LogP contribution in [0.25, 0.3) is 0 Å². The average molecular weight is 468 g/mol. The number of sulfonamides is 1. The summed E-state index contributed by atoms with van der Waals surface area (Å²) in [6, 6.07) is 3.24. The standard InChI is InChI=1S/C11H15N3O3S.CH3.W/c1-9-2-3-11(8-12-9)18(16,17)14-6-4-10(13-15)5-7-14;;/h2-3,8,15H,4-7H2,1H3;1H3;/q;-1;. The van der Waals surface area contributed by atoms with Gasteiger partial charge in [0.05, 0.1) is 5.71 Å². The van der Waals surface area contributed by atoms with Crippen molar-refractivity contribution in [2.75, 3.05) is 13.1 Å². The zero-order valence-corrected chi connectivity index (χ0v) is 15.2. The van der Waals surface area contributed by atoms with E-state index in [1.54, 1.807) is 19.1 Å². The van der Waals surface area contributed by atoms with Crippen molar-refractivity contribution in [3.8, 4) is 0 Å². The molecule has 0 saturated carbocycles. The van der Waals surface area contributed by atoms with Crippen molar-refractivity contribution in [3.63, 3.8) is 0 Å². The van der Waals surface area contributed by atoms with Crippen LogP contribution in [0, 0.1) is 14.4 Å². The van der Waals surface area contributed by atoms with Gasteiger partial charge in [-0.1, -0.05) is 5.16 Å². The Morgan fingerprint density at radius 1 is 1.30 bits per heavy atom. The number of rotatable bonds is 2. The minimum absolute atomic E-state index is 0. The molecule has 0 spiro atoms. The van der Waals surface area contributed by atoms with E-state index in [0.717, 1.165) is 5.69 Å². The van der Waals surface area contributed by atoms with Crippen LogP contribution < -0.4 is 0 Å². The Morgan fingerprint density at radius 3 is 2.35 bits per heavy atom. The number of nitrogens with zero attached hydrogens (tertiary/aromatic N) is 3. The summed E-state index contributed by atoms with van der Waals surface area (Å²) in [6.45, 7) is 2.49. The Balaban J connectivity index is 0.00000180. The van der Waals surface area contributed by atoms with Crippen LogP contribution in [0.1, 0.15) is 18.5 Å². The van der Waals surface area contributed by atoms with E-state index >= 15 is 0 Å². The molecule has 20 heavy (non-hydrogen) atoms. The summed E-state index contributed by atoms with van der Waals surface area (Å²) in [5.41, 5.74) is 1.42. The second-order valence-corrected chi connectivity index (χ2v) is 6.14. The summed E-state index contributed by atoms with van der Waals surface area (Å²) in [7, 11) is -3.48. The van der Waals surface area contributed by atoms with Crippen molar-refractivity contribution in [1.82, 2.24) is 9.29 Å². The molecule has 112 valence electrons. The molecular weight excluding hydrogens is 450 g/mol. The maximum Gasteiger partial charge on any atom is 0.244 e. The molecule has 0 unspecified atom stereocenters. The Hall–Kier alpha value is -0.782. The second-order valence-electron chi connectivity index (χ2n) is 4.21. The van der Waals surface area contributed by atoms with E-state index in [-0.39, 0.29) is 33.4 Å². The van der Waals surface area contributed by atoms with Gasteiger partial charge in [-0.05, 0) is 19.1 Å². The Morgan fingerprint density at radius 2 is 1.90 bits per heavy atom. The van der Waals surface area contributed by atoms with E-state index in [9.17, 15) is 8.42 Å².